The van der Waals surface area contributed by atoms with Crippen LogP contribution in [0, 0.1) is 11.3 Å². The van der Waals surface area contributed by atoms with Crippen molar-refractivity contribution in [2.75, 3.05) is 13.7 Å². The van der Waals surface area contributed by atoms with E-state index >= 15 is 0 Å². The van der Waals surface area contributed by atoms with Crippen LogP contribution in [0.2, 0.25) is 0 Å². The van der Waals surface area contributed by atoms with E-state index in [9.17, 15) is 14.9 Å². The summed E-state index contributed by atoms with van der Waals surface area (Å²) in [6.07, 6.45) is 3.22. The Bertz CT molecular complexity index is 1040. The summed E-state index contributed by atoms with van der Waals surface area (Å²) in [5, 5.41) is 8.85. The number of carbonyl (C=O) groups is 2. The van der Waals surface area contributed by atoms with Gasteiger partial charge in [0, 0.05) is 5.56 Å². The van der Waals surface area contributed by atoms with Crippen molar-refractivity contribution in [2.45, 2.75) is 6.54 Å². The van der Waals surface area contributed by atoms with Gasteiger partial charge >= 0.3 is 0 Å². The average molecular weight is 406 g/mol. The van der Waals surface area contributed by atoms with Gasteiger partial charge in [0.15, 0.2) is 11.5 Å². The molecule has 0 spiro atoms. The minimum atomic E-state index is -0.412. The third-order valence-electron chi connectivity index (χ3n) is 4.20. The van der Waals surface area contributed by atoms with Crippen LogP contribution < -0.4 is 9.47 Å². The molecule has 0 atom stereocenters. The molecule has 1 saturated heterocycles. The third-order valence-corrected chi connectivity index (χ3v) is 5.11. The number of hydrogen-bond acceptors (Lipinski definition) is 6. The summed E-state index contributed by atoms with van der Waals surface area (Å²) in [5.74, 6) is 0.574. The number of methoxy groups -OCH3 is 1. The maximum absolute atomic E-state index is 12.8. The second-order valence-corrected chi connectivity index (χ2v) is 7.01. The van der Waals surface area contributed by atoms with Crippen LogP contribution in [-0.4, -0.2) is 29.8 Å². The van der Waals surface area contributed by atoms with Gasteiger partial charge in [-0.2, -0.15) is 5.26 Å². The average Bonchev–Trinajstić information content (AvgIpc) is 3.00. The Hall–Kier alpha value is -3.50. The van der Waals surface area contributed by atoms with Crippen LogP contribution >= 0.6 is 11.8 Å². The SMILES string of the molecule is C=CCOc1c(/C=C2\SC(=O)N(Cc3ccccc3C#N)C2=O)cccc1OC. The number of nitriles is 1. The normalized spacial score (nSPS) is 14.8. The summed E-state index contributed by atoms with van der Waals surface area (Å²) in [5.41, 5.74) is 1.67. The Kier molecular flexibility index (Phi) is 6.37. The lowest BCUT2D eigenvalue weighted by atomic mass is 10.1. The first-order valence-electron chi connectivity index (χ1n) is 8.73. The Labute approximate surface area is 173 Å². The van der Waals surface area contributed by atoms with Crippen molar-refractivity contribution in [1.29, 1.82) is 5.26 Å². The van der Waals surface area contributed by atoms with E-state index in [1.165, 1.54) is 7.11 Å². The lowest BCUT2D eigenvalue weighted by Crippen LogP contribution is -2.27. The van der Waals surface area contributed by atoms with Crippen LogP contribution in [0.4, 0.5) is 4.79 Å². The van der Waals surface area contributed by atoms with Crippen LogP contribution in [0.3, 0.4) is 0 Å². The highest BCUT2D eigenvalue weighted by atomic mass is 32.2. The maximum atomic E-state index is 12.8. The summed E-state index contributed by atoms with van der Waals surface area (Å²) in [6, 6.07) is 14.3. The van der Waals surface area contributed by atoms with Crippen molar-refractivity contribution in [3.63, 3.8) is 0 Å². The molecule has 146 valence electrons. The number of benzene rings is 2. The number of hydrogen-bond donors (Lipinski definition) is 0. The zero-order chi connectivity index (χ0) is 20.8. The maximum Gasteiger partial charge on any atom is 0.293 e. The van der Waals surface area contributed by atoms with Crippen LogP contribution in [0.25, 0.3) is 6.08 Å². The number of para-hydroxylation sites is 1. The van der Waals surface area contributed by atoms with E-state index in [1.807, 2.05) is 0 Å². The standard InChI is InChI=1S/C22H18N2O4S/c1-3-11-28-20-15(9-6-10-18(20)27-2)12-19-21(25)24(22(26)29-19)14-17-8-5-4-7-16(17)13-23/h3-10,12H,1,11,14H2,2H3/b19-12-. The molecule has 1 fully saturated rings. The van der Waals surface area contributed by atoms with Crippen LogP contribution in [0.15, 0.2) is 60.0 Å². The lowest BCUT2D eigenvalue weighted by Gasteiger charge is -2.14. The molecule has 1 heterocycles. The second kappa shape index (κ2) is 9.13. The quantitative estimate of drug-likeness (QED) is 0.502. The summed E-state index contributed by atoms with van der Waals surface area (Å²) in [4.78, 5) is 26.7. The summed E-state index contributed by atoms with van der Waals surface area (Å²) in [6.45, 7) is 3.95. The van der Waals surface area contributed by atoms with Gasteiger partial charge in [0.05, 0.1) is 30.2 Å². The predicted molar refractivity (Wildman–Crippen MR) is 111 cm³/mol. The molecule has 0 aromatic heterocycles. The van der Waals surface area contributed by atoms with Gasteiger partial charge in [-0.05, 0) is 35.5 Å². The number of imide groups is 1. The number of carbonyl (C=O) groups excluding carboxylic acids is 2. The Morgan fingerprint density at radius 1 is 1.21 bits per heavy atom. The van der Waals surface area contributed by atoms with E-state index in [1.54, 1.807) is 54.6 Å². The fourth-order valence-electron chi connectivity index (χ4n) is 2.82. The zero-order valence-corrected chi connectivity index (χ0v) is 16.6. The Balaban J connectivity index is 1.91. The molecule has 2 amide bonds. The highest BCUT2D eigenvalue weighted by Gasteiger charge is 2.35. The number of thioether (sulfide) groups is 1. The molecule has 0 bridgehead atoms. The summed E-state index contributed by atoms with van der Waals surface area (Å²) >= 11 is 0.854. The number of amides is 2. The predicted octanol–water partition coefficient (Wildman–Crippen LogP) is 4.37. The molecule has 0 unspecified atom stereocenters. The molecule has 0 saturated carbocycles. The smallest absolute Gasteiger partial charge is 0.293 e. The first-order chi connectivity index (χ1) is 14.1. The molecular formula is C22H18N2O4S. The molecular weight excluding hydrogens is 388 g/mol. The highest BCUT2D eigenvalue weighted by Crippen LogP contribution is 2.38. The van der Waals surface area contributed by atoms with Crippen molar-refractivity contribution < 1.29 is 19.1 Å². The van der Waals surface area contributed by atoms with Gasteiger partial charge in [-0.25, -0.2) is 0 Å². The zero-order valence-electron chi connectivity index (χ0n) is 15.8. The molecule has 0 N–H and O–H groups in total. The fraction of sp³-hybridized carbons (Fsp3) is 0.136. The highest BCUT2D eigenvalue weighted by molar-refractivity contribution is 8.18. The Morgan fingerprint density at radius 3 is 2.72 bits per heavy atom. The van der Waals surface area contributed by atoms with Crippen LogP contribution in [-0.2, 0) is 11.3 Å². The van der Waals surface area contributed by atoms with Crippen LogP contribution in [0.1, 0.15) is 16.7 Å². The van der Waals surface area contributed by atoms with Crippen molar-refractivity contribution in [3.05, 3.63) is 76.7 Å². The molecule has 0 radical (unpaired) electrons. The van der Waals surface area contributed by atoms with Gasteiger partial charge in [-0.1, -0.05) is 43.0 Å². The van der Waals surface area contributed by atoms with Crippen LogP contribution in [0.5, 0.6) is 11.5 Å². The molecule has 29 heavy (non-hydrogen) atoms. The van der Waals surface area contributed by atoms with E-state index in [-0.39, 0.29) is 23.3 Å². The molecule has 1 aliphatic rings. The first kappa shape index (κ1) is 20.2. The van der Waals surface area contributed by atoms with E-state index in [2.05, 4.69) is 12.6 Å². The van der Waals surface area contributed by atoms with Gasteiger partial charge in [0.25, 0.3) is 11.1 Å². The number of ether oxygens (including phenoxy) is 2. The number of rotatable bonds is 7. The Morgan fingerprint density at radius 2 is 2.00 bits per heavy atom. The van der Waals surface area contributed by atoms with Gasteiger partial charge in [-0.3, -0.25) is 14.5 Å². The van der Waals surface area contributed by atoms with Gasteiger partial charge in [0.2, 0.25) is 0 Å². The lowest BCUT2D eigenvalue weighted by molar-refractivity contribution is -0.123. The van der Waals surface area contributed by atoms with E-state index in [0.29, 0.717) is 28.2 Å². The van der Waals surface area contributed by atoms with Crippen molar-refractivity contribution >= 4 is 29.0 Å². The van der Waals surface area contributed by atoms with Gasteiger partial charge < -0.3 is 9.47 Å². The first-order valence-corrected chi connectivity index (χ1v) is 9.54. The third kappa shape index (κ3) is 4.33. The number of nitrogens with zero attached hydrogens (tertiary/aromatic N) is 2. The molecule has 1 aliphatic heterocycles. The fourth-order valence-corrected chi connectivity index (χ4v) is 3.65. The van der Waals surface area contributed by atoms with Gasteiger partial charge in [0.1, 0.15) is 6.61 Å². The molecule has 3 rings (SSSR count). The second-order valence-electron chi connectivity index (χ2n) is 6.02. The van der Waals surface area contributed by atoms with Crippen molar-refractivity contribution in [2.24, 2.45) is 0 Å². The molecule has 7 heteroatoms. The summed E-state index contributed by atoms with van der Waals surface area (Å²) in [7, 11) is 1.53. The molecule has 2 aromatic carbocycles. The molecule has 2 aromatic rings. The summed E-state index contributed by atoms with van der Waals surface area (Å²) < 4.78 is 11.0. The minimum absolute atomic E-state index is 0.0453. The van der Waals surface area contributed by atoms with Gasteiger partial charge in [-0.15, -0.1) is 0 Å². The molecule has 6 nitrogen and oxygen atoms in total. The van der Waals surface area contributed by atoms with E-state index in [0.717, 1.165) is 16.7 Å². The molecule has 0 aliphatic carbocycles. The van der Waals surface area contributed by atoms with E-state index < -0.39 is 5.91 Å². The minimum Gasteiger partial charge on any atom is -0.493 e. The monoisotopic (exact) mass is 406 g/mol. The van der Waals surface area contributed by atoms with Crippen molar-refractivity contribution in [3.8, 4) is 17.6 Å². The van der Waals surface area contributed by atoms with Crippen molar-refractivity contribution in [1.82, 2.24) is 4.90 Å². The largest absolute Gasteiger partial charge is 0.493 e. The van der Waals surface area contributed by atoms with E-state index in [4.69, 9.17) is 9.47 Å². The topological polar surface area (TPSA) is 79.6 Å².